The highest BCUT2D eigenvalue weighted by Crippen LogP contribution is 2.22. The van der Waals surface area contributed by atoms with E-state index in [2.05, 4.69) is 5.32 Å². The first-order chi connectivity index (χ1) is 14.4. The van der Waals surface area contributed by atoms with Gasteiger partial charge in [0.05, 0.1) is 0 Å². The van der Waals surface area contributed by atoms with Crippen molar-refractivity contribution in [3.05, 3.63) is 65.2 Å². The Morgan fingerprint density at radius 2 is 1.73 bits per heavy atom. The van der Waals surface area contributed by atoms with Gasteiger partial charge in [-0.15, -0.1) is 11.8 Å². The lowest BCUT2D eigenvalue weighted by Crippen LogP contribution is -2.50. The van der Waals surface area contributed by atoms with Crippen LogP contribution in [-0.2, 0) is 16.1 Å². The maximum atomic E-state index is 13.1. The van der Waals surface area contributed by atoms with Gasteiger partial charge in [-0.05, 0) is 62.3 Å². The normalized spacial score (nSPS) is 11.9. The number of nitrogens with one attached hydrogen (secondary N) is 1. The molecule has 0 spiro atoms. The third-order valence-corrected chi connectivity index (χ3v) is 5.98. The van der Waals surface area contributed by atoms with Gasteiger partial charge in [0.1, 0.15) is 6.04 Å². The average molecular weight is 447 g/mol. The number of rotatable bonds is 11. The Morgan fingerprint density at radius 3 is 2.33 bits per heavy atom. The van der Waals surface area contributed by atoms with E-state index in [1.165, 1.54) is 0 Å². The standard InChI is InChI=1S/C24H31ClN2O2S/c1-4-22(24(29)26-18(2)3)27(17-19-9-6-5-7-10-19)23(28)11-8-16-30-21-14-12-20(25)13-15-21/h5-7,9-10,12-15,18,22H,4,8,11,16-17H2,1-3H3,(H,26,29)/t22-/m0/s1. The van der Waals surface area contributed by atoms with Crippen molar-refractivity contribution >= 4 is 35.2 Å². The van der Waals surface area contributed by atoms with Crippen molar-refractivity contribution in [3.63, 3.8) is 0 Å². The first kappa shape index (κ1) is 24.3. The SMILES string of the molecule is CC[C@@H](C(=O)NC(C)C)N(Cc1ccccc1)C(=O)CCCSc1ccc(Cl)cc1. The summed E-state index contributed by atoms with van der Waals surface area (Å²) in [4.78, 5) is 28.7. The maximum absolute atomic E-state index is 13.1. The third-order valence-electron chi connectivity index (χ3n) is 4.63. The van der Waals surface area contributed by atoms with E-state index in [1.54, 1.807) is 16.7 Å². The predicted molar refractivity (Wildman–Crippen MR) is 126 cm³/mol. The smallest absolute Gasteiger partial charge is 0.243 e. The van der Waals surface area contributed by atoms with Crippen LogP contribution in [0, 0.1) is 0 Å². The van der Waals surface area contributed by atoms with Crippen molar-refractivity contribution in [1.82, 2.24) is 10.2 Å². The van der Waals surface area contributed by atoms with Gasteiger partial charge in [0.25, 0.3) is 0 Å². The molecule has 0 aromatic heterocycles. The highest BCUT2D eigenvalue weighted by molar-refractivity contribution is 7.99. The number of thioether (sulfide) groups is 1. The average Bonchev–Trinajstić information content (AvgIpc) is 2.72. The van der Waals surface area contributed by atoms with Crippen molar-refractivity contribution in [2.75, 3.05) is 5.75 Å². The number of nitrogens with zero attached hydrogens (tertiary/aromatic N) is 1. The molecule has 0 aliphatic rings. The minimum Gasteiger partial charge on any atom is -0.352 e. The quantitative estimate of drug-likeness (QED) is 0.364. The first-order valence-electron chi connectivity index (χ1n) is 10.4. The van der Waals surface area contributed by atoms with Crippen molar-refractivity contribution in [2.24, 2.45) is 0 Å². The van der Waals surface area contributed by atoms with Gasteiger partial charge in [-0.2, -0.15) is 0 Å². The van der Waals surface area contributed by atoms with Crippen molar-refractivity contribution in [2.45, 2.75) is 63.6 Å². The number of carbonyl (C=O) groups excluding carboxylic acids is 2. The summed E-state index contributed by atoms with van der Waals surface area (Å²) in [5.41, 5.74) is 1.03. The zero-order valence-corrected chi connectivity index (χ0v) is 19.5. The molecule has 2 aromatic rings. The van der Waals surface area contributed by atoms with Gasteiger partial charge in [0, 0.05) is 28.9 Å². The lowest BCUT2D eigenvalue weighted by atomic mass is 10.1. The van der Waals surface area contributed by atoms with Gasteiger partial charge < -0.3 is 10.2 Å². The van der Waals surface area contributed by atoms with E-state index in [1.807, 2.05) is 75.4 Å². The molecular formula is C24H31ClN2O2S. The van der Waals surface area contributed by atoms with E-state index in [0.29, 0.717) is 19.4 Å². The molecule has 30 heavy (non-hydrogen) atoms. The van der Waals surface area contributed by atoms with Crippen LogP contribution in [0.15, 0.2) is 59.5 Å². The zero-order chi connectivity index (χ0) is 21.9. The van der Waals surface area contributed by atoms with Gasteiger partial charge >= 0.3 is 0 Å². The van der Waals surface area contributed by atoms with Crippen LogP contribution in [0.25, 0.3) is 0 Å². The molecule has 4 nitrogen and oxygen atoms in total. The summed E-state index contributed by atoms with van der Waals surface area (Å²) in [6.45, 7) is 6.25. The molecule has 0 bridgehead atoms. The van der Waals surface area contributed by atoms with Crippen molar-refractivity contribution in [3.8, 4) is 0 Å². The van der Waals surface area contributed by atoms with Crippen LogP contribution in [0.5, 0.6) is 0 Å². The van der Waals surface area contributed by atoms with Gasteiger partial charge in [-0.1, -0.05) is 48.9 Å². The molecule has 0 aliphatic carbocycles. The summed E-state index contributed by atoms with van der Waals surface area (Å²) in [5, 5.41) is 3.68. The molecule has 6 heteroatoms. The molecule has 0 saturated heterocycles. The monoisotopic (exact) mass is 446 g/mol. The van der Waals surface area contributed by atoms with E-state index in [-0.39, 0.29) is 17.9 Å². The minimum absolute atomic E-state index is 0.0151. The summed E-state index contributed by atoms with van der Waals surface area (Å²) in [7, 11) is 0. The summed E-state index contributed by atoms with van der Waals surface area (Å²) in [6, 6.07) is 17.1. The topological polar surface area (TPSA) is 49.4 Å². The highest BCUT2D eigenvalue weighted by atomic mass is 35.5. The molecule has 2 amide bonds. The predicted octanol–water partition coefficient (Wildman–Crippen LogP) is 5.54. The molecule has 0 fully saturated rings. The Hall–Kier alpha value is -1.98. The van der Waals surface area contributed by atoms with Crippen LogP contribution >= 0.6 is 23.4 Å². The molecule has 0 heterocycles. The van der Waals surface area contributed by atoms with E-state index in [9.17, 15) is 9.59 Å². The number of carbonyl (C=O) groups is 2. The van der Waals surface area contributed by atoms with E-state index in [0.717, 1.165) is 27.7 Å². The molecule has 0 radical (unpaired) electrons. The van der Waals surface area contributed by atoms with Gasteiger partial charge in [-0.25, -0.2) is 0 Å². The van der Waals surface area contributed by atoms with Gasteiger partial charge in [0.2, 0.25) is 11.8 Å². The molecule has 1 N–H and O–H groups in total. The van der Waals surface area contributed by atoms with E-state index in [4.69, 9.17) is 11.6 Å². The van der Waals surface area contributed by atoms with Crippen LogP contribution in [0.2, 0.25) is 5.02 Å². The molecule has 162 valence electrons. The Kier molecular flexibility index (Phi) is 10.2. The fourth-order valence-corrected chi connectivity index (χ4v) is 4.15. The maximum Gasteiger partial charge on any atom is 0.243 e. The summed E-state index contributed by atoms with van der Waals surface area (Å²) in [6.07, 6.45) is 1.75. The molecule has 0 aliphatic heterocycles. The Balaban J connectivity index is 2.01. The molecule has 2 aromatic carbocycles. The van der Waals surface area contributed by atoms with Gasteiger partial charge in [0.15, 0.2) is 0 Å². The number of halogens is 1. The Morgan fingerprint density at radius 1 is 1.07 bits per heavy atom. The number of amides is 2. The third kappa shape index (κ3) is 8.04. The van der Waals surface area contributed by atoms with E-state index < -0.39 is 6.04 Å². The van der Waals surface area contributed by atoms with Crippen molar-refractivity contribution in [1.29, 1.82) is 0 Å². The summed E-state index contributed by atoms with van der Waals surface area (Å²) >= 11 is 7.63. The van der Waals surface area contributed by atoms with Crippen LogP contribution in [0.3, 0.4) is 0 Å². The van der Waals surface area contributed by atoms with Crippen LogP contribution in [0.1, 0.15) is 45.6 Å². The summed E-state index contributed by atoms with van der Waals surface area (Å²) < 4.78 is 0. The molecular weight excluding hydrogens is 416 g/mol. The van der Waals surface area contributed by atoms with Crippen LogP contribution < -0.4 is 5.32 Å². The fraction of sp³-hybridized carbons (Fsp3) is 0.417. The van der Waals surface area contributed by atoms with E-state index >= 15 is 0 Å². The second kappa shape index (κ2) is 12.7. The Bertz CT molecular complexity index is 797. The minimum atomic E-state index is -0.468. The second-order valence-electron chi connectivity index (χ2n) is 7.50. The largest absolute Gasteiger partial charge is 0.352 e. The molecule has 2 rings (SSSR count). The van der Waals surface area contributed by atoms with Crippen LogP contribution in [-0.4, -0.2) is 34.6 Å². The zero-order valence-electron chi connectivity index (χ0n) is 17.9. The fourth-order valence-electron chi connectivity index (χ4n) is 3.17. The molecule has 0 saturated carbocycles. The number of hydrogen-bond donors (Lipinski definition) is 1. The second-order valence-corrected chi connectivity index (χ2v) is 9.11. The highest BCUT2D eigenvalue weighted by Gasteiger charge is 2.28. The molecule has 0 unspecified atom stereocenters. The first-order valence-corrected chi connectivity index (χ1v) is 11.8. The summed E-state index contributed by atoms with van der Waals surface area (Å²) in [5.74, 6) is 0.760. The van der Waals surface area contributed by atoms with Crippen molar-refractivity contribution < 1.29 is 9.59 Å². The number of benzene rings is 2. The Labute approximate surface area is 189 Å². The number of hydrogen-bond acceptors (Lipinski definition) is 3. The van der Waals surface area contributed by atoms with Gasteiger partial charge in [-0.3, -0.25) is 9.59 Å². The van der Waals surface area contributed by atoms with Crippen LogP contribution in [0.4, 0.5) is 0 Å². The lowest BCUT2D eigenvalue weighted by molar-refractivity contribution is -0.141. The lowest BCUT2D eigenvalue weighted by Gasteiger charge is -2.31. The molecule has 1 atom stereocenters.